The summed E-state index contributed by atoms with van der Waals surface area (Å²) in [5.41, 5.74) is 2.84. The number of ether oxygens (including phenoxy) is 1. The lowest BCUT2D eigenvalue weighted by atomic mass is 10.1. The summed E-state index contributed by atoms with van der Waals surface area (Å²) in [6.45, 7) is 1.30. The van der Waals surface area contributed by atoms with Gasteiger partial charge in [-0.2, -0.15) is 0 Å². The first-order valence-electron chi connectivity index (χ1n) is 6.59. The van der Waals surface area contributed by atoms with E-state index in [1.54, 1.807) is 18.3 Å². The van der Waals surface area contributed by atoms with Gasteiger partial charge in [-0.3, -0.25) is 10.1 Å². The Morgan fingerprint density at radius 3 is 2.67 bits per heavy atom. The van der Waals surface area contributed by atoms with Crippen LogP contribution in [0.3, 0.4) is 0 Å². The Bertz CT molecular complexity index is 696. The molecule has 0 saturated heterocycles. The second-order valence-electron chi connectivity index (χ2n) is 4.62. The van der Waals surface area contributed by atoms with E-state index < -0.39 is 4.92 Å². The molecule has 2 heterocycles. The molecule has 0 saturated carbocycles. The average molecular weight is 283 g/mol. The smallest absolute Gasteiger partial charge is 0.269 e. The van der Waals surface area contributed by atoms with Crippen LogP contribution in [0.5, 0.6) is 0 Å². The molecule has 0 spiro atoms. The Morgan fingerprint density at radius 2 is 2.00 bits per heavy atom. The van der Waals surface area contributed by atoms with Gasteiger partial charge in [-0.05, 0) is 30.2 Å². The fourth-order valence-corrected chi connectivity index (χ4v) is 2.17. The lowest BCUT2D eigenvalue weighted by Crippen LogP contribution is -2.05. The van der Waals surface area contributed by atoms with Crippen molar-refractivity contribution in [3.8, 4) is 11.4 Å². The van der Waals surface area contributed by atoms with E-state index in [1.165, 1.54) is 12.1 Å². The zero-order valence-corrected chi connectivity index (χ0v) is 11.2. The molecule has 0 atom stereocenters. The van der Waals surface area contributed by atoms with E-state index in [0.717, 1.165) is 23.3 Å². The first-order valence-corrected chi connectivity index (χ1v) is 6.59. The van der Waals surface area contributed by atoms with Gasteiger partial charge in [0.15, 0.2) is 5.82 Å². The van der Waals surface area contributed by atoms with Crippen LogP contribution in [-0.4, -0.2) is 28.1 Å². The SMILES string of the molecule is O=[N+]([O-])c1ccc(-c2nccc(C3=CCOCC3)n2)cc1. The molecule has 21 heavy (non-hydrogen) atoms. The number of nitrogens with zero attached hydrogens (tertiary/aromatic N) is 3. The van der Waals surface area contributed by atoms with Gasteiger partial charge in [0.25, 0.3) is 5.69 Å². The van der Waals surface area contributed by atoms with Crippen LogP contribution in [0.15, 0.2) is 42.6 Å². The molecule has 2 aromatic rings. The topological polar surface area (TPSA) is 78.2 Å². The van der Waals surface area contributed by atoms with Gasteiger partial charge in [-0.1, -0.05) is 6.08 Å². The first kappa shape index (κ1) is 13.4. The monoisotopic (exact) mass is 283 g/mol. The van der Waals surface area contributed by atoms with Gasteiger partial charge in [-0.25, -0.2) is 9.97 Å². The molecule has 0 radical (unpaired) electrons. The van der Waals surface area contributed by atoms with E-state index in [1.807, 2.05) is 12.1 Å². The second kappa shape index (κ2) is 5.80. The molecular formula is C15H13N3O3. The molecule has 1 aliphatic heterocycles. The zero-order chi connectivity index (χ0) is 14.7. The number of non-ortho nitro benzene ring substituents is 1. The van der Waals surface area contributed by atoms with Gasteiger partial charge < -0.3 is 4.74 Å². The van der Waals surface area contributed by atoms with Crippen LogP contribution in [0.2, 0.25) is 0 Å². The largest absolute Gasteiger partial charge is 0.377 e. The van der Waals surface area contributed by atoms with Crippen LogP contribution >= 0.6 is 0 Å². The number of nitro benzene ring substituents is 1. The minimum Gasteiger partial charge on any atom is -0.377 e. The zero-order valence-electron chi connectivity index (χ0n) is 11.2. The van der Waals surface area contributed by atoms with Crippen LogP contribution in [0, 0.1) is 10.1 Å². The Labute approximate surface area is 121 Å². The highest BCUT2D eigenvalue weighted by Crippen LogP contribution is 2.23. The molecule has 0 aliphatic carbocycles. The summed E-state index contributed by atoms with van der Waals surface area (Å²) < 4.78 is 5.29. The molecule has 6 nitrogen and oxygen atoms in total. The van der Waals surface area contributed by atoms with Crippen molar-refractivity contribution in [3.05, 3.63) is 58.4 Å². The van der Waals surface area contributed by atoms with Gasteiger partial charge in [0.2, 0.25) is 0 Å². The number of aromatic nitrogens is 2. The summed E-state index contributed by atoms with van der Waals surface area (Å²) in [6.07, 6.45) is 4.55. The Balaban J connectivity index is 1.92. The van der Waals surface area contributed by atoms with Crippen LogP contribution in [-0.2, 0) is 4.74 Å². The second-order valence-corrected chi connectivity index (χ2v) is 4.62. The maximum absolute atomic E-state index is 10.7. The van der Waals surface area contributed by atoms with Crippen molar-refractivity contribution < 1.29 is 9.66 Å². The molecule has 6 heteroatoms. The number of nitro groups is 1. The van der Waals surface area contributed by atoms with E-state index >= 15 is 0 Å². The lowest BCUT2D eigenvalue weighted by molar-refractivity contribution is -0.384. The summed E-state index contributed by atoms with van der Waals surface area (Å²) >= 11 is 0. The fourth-order valence-electron chi connectivity index (χ4n) is 2.17. The van der Waals surface area contributed by atoms with Crippen molar-refractivity contribution in [1.82, 2.24) is 9.97 Å². The van der Waals surface area contributed by atoms with E-state index in [9.17, 15) is 10.1 Å². The van der Waals surface area contributed by atoms with Gasteiger partial charge in [-0.15, -0.1) is 0 Å². The van der Waals surface area contributed by atoms with Crippen LogP contribution < -0.4 is 0 Å². The van der Waals surface area contributed by atoms with E-state index in [2.05, 4.69) is 9.97 Å². The summed E-state index contributed by atoms with van der Waals surface area (Å²) in [6, 6.07) is 8.11. The minimum absolute atomic E-state index is 0.0574. The Kier molecular flexibility index (Phi) is 3.70. The number of hydrogen-bond acceptors (Lipinski definition) is 5. The van der Waals surface area contributed by atoms with E-state index in [0.29, 0.717) is 19.0 Å². The predicted molar refractivity (Wildman–Crippen MR) is 77.5 cm³/mol. The predicted octanol–water partition coefficient (Wildman–Crippen LogP) is 2.86. The molecule has 1 aromatic heterocycles. The van der Waals surface area contributed by atoms with Gasteiger partial charge in [0.1, 0.15) is 0 Å². The van der Waals surface area contributed by atoms with E-state index in [-0.39, 0.29) is 5.69 Å². The van der Waals surface area contributed by atoms with Gasteiger partial charge in [0.05, 0.1) is 23.8 Å². The normalized spacial score (nSPS) is 14.6. The summed E-state index contributed by atoms with van der Waals surface area (Å²) in [7, 11) is 0. The standard InChI is InChI=1S/C15H13N3O3/c19-18(20)13-3-1-12(2-4-13)15-16-8-5-14(17-15)11-6-9-21-10-7-11/h1-6,8H,7,9-10H2. The van der Waals surface area contributed by atoms with Crippen molar-refractivity contribution in [2.45, 2.75) is 6.42 Å². The maximum atomic E-state index is 10.7. The van der Waals surface area contributed by atoms with Crippen LogP contribution in [0.4, 0.5) is 5.69 Å². The van der Waals surface area contributed by atoms with Gasteiger partial charge >= 0.3 is 0 Å². The first-order chi connectivity index (χ1) is 10.2. The third-order valence-electron chi connectivity index (χ3n) is 3.28. The summed E-state index contributed by atoms with van der Waals surface area (Å²) in [5, 5.41) is 10.7. The van der Waals surface area contributed by atoms with Crippen LogP contribution in [0.1, 0.15) is 12.1 Å². The third-order valence-corrected chi connectivity index (χ3v) is 3.28. The molecule has 1 aromatic carbocycles. The quantitative estimate of drug-likeness (QED) is 0.639. The third kappa shape index (κ3) is 2.95. The molecule has 0 N–H and O–H groups in total. The average Bonchev–Trinajstić information content (AvgIpc) is 2.56. The number of benzene rings is 1. The molecule has 0 unspecified atom stereocenters. The summed E-state index contributed by atoms with van der Waals surface area (Å²) in [4.78, 5) is 19.0. The van der Waals surface area contributed by atoms with Crippen molar-refractivity contribution in [1.29, 1.82) is 0 Å². The molecule has 106 valence electrons. The van der Waals surface area contributed by atoms with Crippen LogP contribution in [0.25, 0.3) is 17.0 Å². The van der Waals surface area contributed by atoms with Crippen molar-refractivity contribution >= 4 is 11.3 Å². The maximum Gasteiger partial charge on any atom is 0.269 e. The van der Waals surface area contributed by atoms with Crippen molar-refractivity contribution in [2.24, 2.45) is 0 Å². The Morgan fingerprint density at radius 1 is 1.19 bits per heavy atom. The molecule has 1 aliphatic rings. The molecule has 0 amide bonds. The summed E-state index contributed by atoms with van der Waals surface area (Å²) in [5.74, 6) is 0.565. The molecule has 0 fully saturated rings. The van der Waals surface area contributed by atoms with Gasteiger partial charge in [0, 0.05) is 23.9 Å². The van der Waals surface area contributed by atoms with Crippen molar-refractivity contribution in [2.75, 3.05) is 13.2 Å². The van der Waals surface area contributed by atoms with E-state index in [4.69, 9.17) is 4.74 Å². The highest BCUT2D eigenvalue weighted by atomic mass is 16.6. The molecule has 0 bridgehead atoms. The fraction of sp³-hybridized carbons (Fsp3) is 0.200. The highest BCUT2D eigenvalue weighted by molar-refractivity contribution is 5.66. The molecular weight excluding hydrogens is 270 g/mol. The van der Waals surface area contributed by atoms with Crippen molar-refractivity contribution in [3.63, 3.8) is 0 Å². The minimum atomic E-state index is -0.423. The lowest BCUT2D eigenvalue weighted by Gasteiger charge is -2.13. The Hall–Kier alpha value is -2.60. The molecule has 3 rings (SSSR count). The highest BCUT2D eigenvalue weighted by Gasteiger charge is 2.11. The number of rotatable bonds is 3. The number of hydrogen-bond donors (Lipinski definition) is 0.